The van der Waals surface area contributed by atoms with E-state index in [-0.39, 0.29) is 109 Å². The fourth-order valence-electron chi connectivity index (χ4n) is 9.47. The van der Waals surface area contributed by atoms with E-state index in [0.717, 1.165) is 33.3 Å². The maximum absolute atomic E-state index is 13.0. The van der Waals surface area contributed by atoms with Crippen molar-refractivity contribution in [3.8, 4) is 0 Å². The average Bonchev–Trinajstić information content (AvgIpc) is 0.819. The molecule has 3 rings (SSSR count). The van der Waals surface area contributed by atoms with Crippen molar-refractivity contribution in [1.82, 2.24) is 26.6 Å². The summed E-state index contributed by atoms with van der Waals surface area (Å²) in [7, 11) is 0. The van der Waals surface area contributed by atoms with Crippen LogP contribution in [0.4, 0.5) is 0 Å². The summed E-state index contributed by atoms with van der Waals surface area (Å²) in [5.41, 5.74) is 0.833. The molecule has 91 heavy (non-hydrogen) atoms. The SMILES string of the molecule is CC(=O)NC1C(OCCCCCCNC(=O)CCOCC(COCCC(=O)NCCCCCCOC2OC(COC(C)=O)C(OC(C)=O)C(OC(C)=O)C2NC(C)=O)NC(=O)CCCC(=O)OCc2ccccc2)OC(COC(C)=O)C(OC(C)=O)C1OC(C)=O. The van der Waals surface area contributed by atoms with E-state index >= 15 is 0 Å². The number of esters is 7. The molecule has 0 aliphatic carbocycles. The Bertz CT molecular complexity index is 2340. The summed E-state index contributed by atoms with van der Waals surface area (Å²) < 4.78 is 73.1. The molecule has 1 aromatic rings. The van der Waals surface area contributed by atoms with Crippen LogP contribution in [0.2, 0.25) is 0 Å². The number of amides is 5. The molecular formula is C61H93N5O25. The zero-order chi connectivity index (χ0) is 67.1. The molecule has 512 valence electrons. The number of hydrogen-bond acceptors (Lipinski definition) is 25. The molecular weight excluding hydrogens is 1200 g/mol. The highest BCUT2D eigenvalue weighted by Gasteiger charge is 2.53. The second kappa shape index (κ2) is 44.2. The molecule has 2 fully saturated rings. The molecule has 2 aliphatic heterocycles. The van der Waals surface area contributed by atoms with Crippen LogP contribution in [0.1, 0.15) is 144 Å². The van der Waals surface area contributed by atoms with Crippen LogP contribution in [0.25, 0.3) is 0 Å². The highest BCUT2D eigenvalue weighted by atomic mass is 16.7. The smallest absolute Gasteiger partial charge is 0.306 e. The van der Waals surface area contributed by atoms with Crippen LogP contribution in [0, 0.1) is 0 Å². The molecule has 5 amide bonds. The number of benzene rings is 1. The Kier molecular flexibility index (Phi) is 37.8. The van der Waals surface area contributed by atoms with Gasteiger partial charge in [-0.3, -0.25) is 57.5 Å². The van der Waals surface area contributed by atoms with E-state index < -0.39 is 121 Å². The topological polar surface area (TPSA) is 385 Å². The Morgan fingerprint density at radius 3 is 1.26 bits per heavy atom. The van der Waals surface area contributed by atoms with Crippen molar-refractivity contribution in [2.75, 3.05) is 65.9 Å². The molecule has 0 saturated carbocycles. The largest absolute Gasteiger partial charge is 0.463 e. The number of carbonyl (C=O) groups excluding carboxylic acids is 12. The lowest BCUT2D eigenvalue weighted by atomic mass is 9.96. The van der Waals surface area contributed by atoms with Gasteiger partial charge in [-0.2, -0.15) is 0 Å². The quantitative estimate of drug-likeness (QED) is 0.0354. The van der Waals surface area contributed by atoms with Crippen molar-refractivity contribution in [1.29, 1.82) is 0 Å². The molecule has 30 nitrogen and oxygen atoms in total. The van der Waals surface area contributed by atoms with Crippen molar-refractivity contribution in [2.45, 2.75) is 213 Å². The van der Waals surface area contributed by atoms with Gasteiger partial charge in [0.1, 0.15) is 44.1 Å². The van der Waals surface area contributed by atoms with Crippen LogP contribution < -0.4 is 26.6 Å². The number of nitrogens with one attached hydrogen (secondary N) is 5. The molecule has 0 aromatic heterocycles. The third-order valence-corrected chi connectivity index (χ3v) is 13.5. The second-order valence-corrected chi connectivity index (χ2v) is 21.6. The third kappa shape index (κ3) is 34.0. The summed E-state index contributed by atoms with van der Waals surface area (Å²) in [4.78, 5) is 147. The maximum Gasteiger partial charge on any atom is 0.306 e. The zero-order valence-electron chi connectivity index (χ0n) is 53.4. The summed E-state index contributed by atoms with van der Waals surface area (Å²) in [6, 6.07) is 6.36. The van der Waals surface area contributed by atoms with Gasteiger partial charge in [0.15, 0.2) is 37.0 Å². The lowest BCUT2D eigenvalue weighted by Gasteiger charge is -2.44. The predicted octanol–water partition coefficient (Wildman–Crippen LogP) is 1.90. The Hall–Kier alpha value is -7.38. The molecule has 2 heterocycles. The first-order chi connectivity index (χ1) is 43.4. The van der Waals surface area contributed by atoms with Gasteiger partial charge in [-0.05, 0) is 37.7 Å². The minimum Gasteiger partial charge on any atom is -0.463 e. The fraction of sp³-hybridized carbons (Fsp3) is 0.705. The van der Waals surface area contributed by atoms with E-state index in [2.05, 4.69) is 26.6 Å². The number of rotatable bonds is 43. The second-order valence-electron chi connectivity index (χ2n) is 21.6. The molecule has 5 N–H and O–H groups in total. The van der Waals surface area contributed by atoms with Crippen LogP contribution in [0.5, 0.6) is 0 Å². The third-order valence-electron chi connectivity index (χ3n) is 13.5. The summed E-state index contributed by atoms with van der Waals surface area (Å²) in [6.45, 7) is 9.90. The summed E-state index contributed by atoms with van der Waals surface area (Å²) in [5, 5.41) is 13.9. The van der Waals surface area contributed by atoms with E-state index in [1.54, 1.807) is 0 Å². The van der Waals surface area contributed by atoms with E-state index in [0.29, 0.717) is 64.5 Å². The first-order valence-electron chi connectivity index (χ1n) is 30.6. The predicted molar refractivity (Wildman–Crippen MR) is 316 cm³/mol. The van der Waals surface area contributed by atoms with Crippen LogP contribution in [0.15, 0.2) is 30.3 Å². The normalized spacial score (nSPS) is 21.3. The van der Waals surface area contributed by atoms with Crippen molar-refractivity contribution in [2.24, 2.45) is 0 Å². The van der Waals surface area contributed by atoms with Crippen molar-refractivity contribution < 1.29 is 119 Å². The molecule has 2 saturated heterocycles. The van der Waals surface area contributed by atoms with Gasteiger partial charge < -0.3 is 88.2 Å². The van der Waals surface area contributed by atoms with Crippen molar-refractivity contribution in [3.05, 3.63) is 35.9 Å². The van der Waals surface area contributed by atoms with E-state index in [1.165, 1.54) is 27.7 Å². The fourth-order valence-corrected chi connectivity index (χ4v) is 9.47. The van der Waals surface area contributed by atoms with Gasteiger partial charge in [0.2, 0.25) is 29.5 Å². The maximum atomic E-state index is 13.0. The molecule has 0 bridgehead atoms. The first kappa shape index (κ1) is 77.9. The average molecular weight is 1300 g/mol. The Morgan fingerprint density at radius 1 is 0.440 bits per heavy atom. The molecule has 2 aliphatic rings. The van der Waals surface area contributed by atoms with Gasteiger partial charge in [0.05, 0.1) is 32.5 Å². The van der Waals surface area contributed by atoms with Crippen molar-refractivity contribution in [3.63, 3.8) is 0 Å². The molecule has 30 heteroatoms. The van der Waals surface area contributed by atoms with E-state index in [1.807, 2.05) is 30.3 Å². The van der Waals surface area contributed by atoms with Gasteiger partial charge in [0.25, 0.3) is 0 Å². The molecule has 0 spiro atoms. The summed E-state index contributed by atoms with van der Waals surface area (Å²) >= 11 is 0. The Balaban J connectivity index is 1.42. The Labute approximate surface area is 530 Å². The van der Waals surface area contributed by atoms with Crippen LogP contribution >= 0.6 is 0 Å². The molecule has 1 aromatic carbocycles. The summed E-state index contributed by atoms with van der Waals surface area (Å²) in [6.07, 6.45) is -4.11. The minimum absolute atomic E-state index is 0.0115. The monoisotopic (exact) mass is 1300 g/mol. The standard InChI is InChI=1S/C61H93N5O25/c1-38(67)64-54-58(88-44(7)73)56(86-42(5)71)48(36-83-40(3)69)90-60(54)81-29-18-11-9-16-27-62-50(75)25-31-79-34-47(66-52(77)23-20-24-53(78)85-33-46-21-14-13-15-22-46)35-80-32-26-51(76)63-28-17-10-12-19-30-82-61-55(65-39(2)68)59(89-45(8)74)57(87-43(6)72)49(91-61)37-84-41(4)70/h13-15,21-22,47-49,54-61H,9-12,16-20,23-37H2,1-8H3,(H,62,75)(H,63,76)(H,64,67)(H,65,68)(H,66,77). The number of hydrogen-bond donors (Lipinski definition) is 5. The highest BCUT2D eigenvalue weighted by Crippen LogP contribution is 2.30. The van der Waals surface area contributed by atoms with Crippen LogP contribution in [0.3, 0.4) is 0 Å². The van der Waals surface area contributed by atoms with E-state index in [4.69, 9.17) is 61.6 Å². The van der Waals surface area contributed by atoms with Gasteiger partial charge in [-0.25, -0.2) is 0 Å². The Morgan fingerprint density at radius 2 is 0.857 bits per heavy atom. The number of carbonyl (C=O) groups is 12. The van der Waals surface area contributed by atoms with Crippen LogP contribution in [-0.2, 0) is 126 Å². The lowest BCUT2D eigenvalue weighted by molar-refractivity contribution is -0.277. The van der Waals surface area contributed by atoms with Gasteiger partial charge in [-0.1, -0.05) is 56.0 Å². The molecule has 10 unspecified atom stereocenters. The van der Waals surface area contributed by atoms with Gasteiger partial charge in [-0.15, -0.1) is 0 Å². The number of unbranched alkanes of at least 4 members (excludes halogenated alkanes) is 6. The lowest BCUT2D eigenvalue weighted by Crippen LogP contribution is -2.66. The molecule has 10 atom stereocenters. The molecule has 0 radical (unpaired) electrons. The van der Waals surface area contributed by atoms with Gasteiger partial charge in [0, 0.05) is 107 Å². The van der Waals surface area contributed by atoms with E-state index in [9.17, 15) is 57.5 Å². The highest BCUT2D eigenvalue weighted by molar-refractivity contribution is 5.78. The zero-order valence-corrected chi connectivity index (χ0v) is 53.4. The minimum atomic E-state index is -1.24. The summed E-state index contributed by atoms with van der Waals surface area (Å²) in [5.74, 6) is -6.49. The first-order valence-corrected chi connectivity index (χ1v) is 30.6. The van der Waals surface area contributed by atoms with Crippen molar-refractivity contribution >= 4 is 71.3 Å². The number of ether oxygens (including phenoxy) is 13. The van der Waals surface area contributed by atoms with Gasteiger partial charge >= 0.3 is 41.8 Å². The van der Waals surface area contributed by atoms with Crippen LogP contribution in [-0.4, -0.2) is 205 Å².